The number of nitrogens with one attached hydrogen (secondary N) is 2. The first-order chi connectivity index (χ1) is 13.9. The number of halogens is 1. The SMILES string of the molecule is COc1ccc(NS(=O)(=O)c2cccc(NC(=O)C=Cc3ccc(Br)o3)c2)cc1. The zero-order valence-corrected chi connectivity index (χ0v) is 17.7. The molecule has 1 heterocycles. The Bertz CT molecular complexity index is 1140. The van der Waals surface area contributed by atoms with Crippen molar-refractivity contribution < 1.29 is 22.4 Å². The predicted molar refractivity (Wildman–Crippen MR) is 114 cm³/mol. The van der Waals surface area contributed by atoms with Crippen molar-refractivity contribution in [2.24, 2.45) is 0 Å². The minimum absolute atomic E-state index is 0.0186. The number of hydrogen-bond acceptors (Lipinski definition) is 5. The Hall–Kier alpha value is -3.04. The van der Waals surface area contributed by atoms with E-state index in [1.165, 1.54) is 31.4 Å². The summed E-state index contributed by atoms with van der Waals surface area (Å²) in [6.07, 6.45) is 2.80. The molecule has 2 N–H and O–H groups in total. The monoisotopic (exact) mass is 476 g/mol. The molecule has 0 radical (unpaired) electrons. The van der Waals surface area contributed by atoms with Crippen LogP contribution in [0.1, 0.15) is 5.76 Å². The lowest BCUT2D eigenvalue weighted by atomic mass is 10.3. The molecule has 0 bridgehead atoms. The van der Waals surface area contributed by atoms with Crippen LogP contribution in [0.5, 0.6) is 5.75 Å². The van der Waals surface area contributed by atoms with Gasteiger partial charge in [-0.05, 0) is 76.6 Å². The molecule has 7 nitrogen and oxygen atoms in total. The van der Waals surface area contributed by atoms with Gasteiger partial charge in [0.15, 0.2) is 4.67 Å². The van der Waals surface area contributed by atoms with Crippen LogP contribution in [-0.4, -0.2) is 21.4 Å². The summed E-state index contributed by atoms with van der Waals surface area (Å²) < 4.78 is 38.6. The van der Waals surface area contributed by atoms with Crippen LogP contribution in [0.4, 0.5) is 11.4 Å². The smallest absolute Gasteiger partial charge is 0.261 e. The Kier molecular flexibility index (Phi) is 6.40. The molecule has 9 heteroatoms. The second-order valence-corrected chi connectivity index (χ2v) is 8.29. The number of hydrogen-bond donors (Lipinski definition) is 2. The zero-order valence-electron chi connectivity index (χ0n) is 15.3. The van der Waals surface area contributed by atoms with Gasteiger partial charge in [-0.15, -0.1) is 0 Å². The first-order valence-electron chi connectivity index (χ1n) is 8.37. The van der Waals surface area contributed by atoms with Crippen molar-refractivity contribution in [2.45, 2.75) is 4.90 Å². The van der Waals surface area contributed by atoms with Crippen LogP contribution in [0.25, 0.3) is 6.08 Å². The number of rotatable bonds is 7. The third kappa shape index (κ3) is 5.72. The van der Waals surface area contributed by atoms with E-state index >= 15 is 0 Å². The number of furan rings is 1. The van der Waals surface area contributed by atoms with Crippen molar-refractivity contribution in [1.29, 1.82) is 0 Å². The lowest BCUT2D eigenvalue weighted by Crippen LogP contribution is -2.14. The van der Waals surface area contributed by atoms with Crippen LogP contribution < -0.4 is 14.8 Å². The van der Waals surface area contributed by atoms with E-state index in [1.807, 2.05) is 0 Å². The predicted octanol–water partition coefficient (Wildman–Crippen LogP) is 4.50. The fraction of sp³-hybridized carbons (Fsp3) is 0.0500. The Morgan fingerprint density at radius 3 is 2.48 bits per heavy atom. The van der Waals surface area contributed by atoms with Crippen LogP contribution in [0.3, 0.4) is 0 Å². The standard InChI is InChI=1S/C20H17BrN2O5S/c1-27-16-7-5-14(6-8-16)23-29(25,26)18-4-2-3-15(13-18)22-20(24)12-10-17-9-11-19(21)28-17/h2-13,23H,1H3,(H,22,24). The minimum atomic E-state index is -3.82. The summed E-state index contributed by atoms with van der Waals surface area (Å²) in [4.78, 5) is 12.1. The van der Waals surface area contributed by atoms with E-state index in [1.54, 1.807) is 48.5 Å². The first-order valence-corrected chi connectivity index (χ1v) is 10.6. The summed E-state index contributed by atoms with van der Waals surface area (Å²) >= 11 is 3.18. The average Bonchev–Trinajstić information content (AvgIpc) is 3.12. The number of benzene rings is 2. The van der Waals surface area contributed by atoms with Crippen molar-refractivity contribution >= 4 is 49.3 Å². The van der Waals surface area contributed by atoms with Gasteiger partial charge in [-0.2, -0.15) is 0 Å². The Labute approximate surface area is 176 Å². The summed E-state index contributed by atoms with van der Waals surface area (Å²) in [6.45, 7) is 0. The molecule has 0 aliphatic heterocycles. The molecule has 150 valence electrons. The van der Waals surface area contributed by atoms with Crippen molar-refractivity contribution in [2.75, 3.05) is 17.1 Å². The maximum Gasteiger partial charge on any atom is 0.261 e. The molecule has 0 fully saturated rings. The van der Waals surface area contributed by atoms with Crippen LogP contribution >= 0.6 is 15.9 Å². The van der Waals surface area contributed by atoms with Crippen LogP contribution in [0.15, 0.2) is 80.7 Å². The van der Waals surface area contributed by atoms with E-state index < -0.39 is 15.9 Å². The summed E-state index contributed by atoms with van der Waals surface area (Å²) in [7, 11) is -2.29. The highest BCUT2D eigenvalue weighted by molar-refractivity contribution is 9.10. The number of methoxy groups -OCH3 is 1. The van der Waals surface area contributed by atoms with Crippen molar-refractivity contribution in [1.82, 2.24) is 0 Å². The van der Waals surface area contributed by atoms with Gasteiger partial charge in [0.25, 0.3) is 10.0 Å². The highest BCUT2D eigenvalue weighted by atomic mass is 79.9. The summed E-state index contributed by atoms with van der Waals surface area (Å²) in [5, 5.41) is 2.62. The van der Waals surface area contributed by atoms with E-state index in [-0.39, 0.29) is 4.90 Å². The Balaban J connectivity index is 1.70. The summed E-state index contributed by atoms with van der Waals surface area (Å²) in [5.41, 5.74) is 0.741. The van der Waals surface area contributed by atoms with Gasteiger partial charge in [-0.1, -0.05) is 6.07 Å². The van der Waals surface area contributed by atoms with Gasteiger partial charge < -0.3 is 14.5 Å². The third-order valence-corrected chi connectivity index (χ3v) is 5.55. The average molecular weight is 477 g/mol. The molecule has 0 atom stereocenters. The molecule has 0 aliphatic rings. The molecule has 1 aromatic heterocycles. The topological polar surface area (TPSA) is 97.6 Å². The molecule has 0 spiro atoms. The second kappa shape index (κ2) is 8.97. The molecule has 0 aliphatic carbocycles. The lowest BCUT2D eigenvalue weighted by Gasteiger charge is -2.10. The number of carbonyl (C=O) groups excluding carboxylic acids is 1. The largest absolute Gasteiger partial charge is 0.497 e. The van der Waals surface area contributed by atoms with Gasteiger partial charge in [0, 0.05) is 17.5 Å². The fourth-order valence-corrected chi connectivity index (χ4v) is 3.80. The maximum atomic E-state index is 12.6. The zero-order chi connectivity index (χ0) is 20.9. The van der Waals surface area contributed by atoms with Crippen molar-refractivity contribution in [3.63, 3.8) is 0 Å². The van der Waals surface area contributed by atoms with Gasteiger partial charge in [0.05, 0.1) is 12.0 Å². The van der Waals surface area contributed by atoms with Crippen LogP contribution in [0.2, 0.25) is 0 Å². The normalized spacial score (nSPS) is 11.4. The summed E-state index contributed by atoms with van der Waals surface area (Å²) in [6, 6.07) is 15.9. The van der Waals surface area contributed by atoms with E-state index in [0.29, 0.717) is 27.6 Å². The lowest BCUT2D eigenvalue weighted by molar-refractivity contribution is -0.111. The maximum absolute atomic E-state index is 12.6. The molecule has 0 saturated carbocycles. The first kappa shape index (κ1) is 20.7. The number of anilines is 2. The fourth-order valence-electron chi connectivity index (χ4n) is 2.37. The number of carbonyl (C=O) groups is 1. The second-order valence-electron chi connectivity index (χ2n) is 5.83. The van der Waals surface area contributed by atoms with E-state index in [2.05, 4.69) is 26.0 Å². The minimum Gasteiger partial charge on any atom is -0.497 e. The molecule has 2 aromatic carbocycles. The Morgan fingerprint density at radius 1 is 1.07 bits per heavy atom. The number of sulfonamides is 1. The quantitative estimate of drug-likeness (QED) is 0.489. The molecule has 29 heavy (non-hydrogen) atoms. The van der Waals surface area contributed by atoms with E-state index in [9.17, 15) is 13.2 Å². The van der Waals surface area contributed by atoms with Crippen LogP contribution in [-0.2, 0) is 14.8 Å². The molecular formula is C20H17BrN2O5S. The van der Waals surface area contributed by atoms with Gasteiger partial charge in [0.1, 0.15) is 11.5 Å². The van der Waals surface area contributed by atoms with Gasteiger partial charge in [0.2, 0.25) is 5.91 Å². The third-order valence-electron chi connectivity index (χ3n) is 3.75. The van der Waals surface area contributed by atoms with E-state index in [0.717, 1.165) is 0 Å². The number of amides is 1. The summed E-state index contributed by atoms with van der Waals surface area (Å²) in [5.74, 6) is 0.704. The van der Waals surface area contributed by atoms with Crippen LogP contribution in [0, 0.1) is 0 Å². The molecule has 0 saturated heterocycles. The van der Waals surface area contributed by atoms with E-state index in [4.69, 9.17) is 9.15 Å². The molecule has 1 amide bonds. The van der Waals surface area contributed by atoms with Gasteiger partial charge in [-0.3, -0.25) is 9.52 Å². The molecule has 3 rings (SSSR count). The van der Waals surface area contributed by atoms with Crippen molar-refractivity contribution in [3.8, 4) is 5.75 Å². The highest BCUT2D eigenvalue weighted by Crippen LogP contribution is 2.21. The van der Waals surface area contributed by atoms with Gasteiger partial charge in [-0.25, -0.2) is 8.42 Å². The van der Waals surface area contributed by atoms with Gasteiger partial charge >= 0.3 is 0 Å². The Morgan fingerprint density at radius 2 is 1.83 bits per heavy atom. The molecule has 3 aromatic rings. The molecule has 0 unspecified atom stereocenters. The highest BCUT2D eigenvalue weighted by Gasteiger charge is 2.15. The van der Waals surface area contributed by atoms with Crippen molar-refractivity contribution in [3.05, 3.63) is 77.2 Å². The number of ether oxygens (including phenoxy) is 1. The molecular weight excluding hydrogens is 460 g/mol.